The number of sulfonamides is 1. The highest BCUT2D eigenvalue weighted by atomic mass is 32.2. The molecule has 1 heterocycles. The molecule has 2 aromatic carbocycles. The number of nitrogens with zero attached hydrogens (tertiary/aromatic N) is 2. The molecule has 0 radical (unpaired) electrons. The van der Waals surface area contributed by atoms with Gasteiger partial charge in [-0.25, -0.2) is 8.42 Å². The first-order chi connectivity index (χ1) is 15.9. The molecule has 33 heavy (non-hydrogen) atoms. The number of hydrogen-bond donors (Lipinski definition) is 1. The zero-order valence-electron chi connectivity index (χ0n) is 19.0. The molecule has 0 aromatic heterocycles. The average Bonchev–Trinajstić information content (AvgIpc) is 3.28. The lowest BCUT2D eigenvalue weighted by Crippen LogP contribution is -2.38. The lowest BCUT2D eigenvalue weighted by atomic mass is 9.96. The van der Waals surface area contributed by atoms with E-state index in [0.717, 1.165) is 56.3 Å². The zero-order valence-corrected chi connectivity index (χ0v) is 19.8. The number of amides is 2. The summed E-state index contributed by atoms with van der Waals surface area (Å²) < 4.78 is 27.4. The highest BCUT2D eigenvalue weighted by Crippen LogP contribution is 2.26. The van der Waals surface area contributed by atoms with Gasteiger partial charge in [0.05, 0.1) is 4.90 Å². The maximum atomic E-state index is 13.0. The van der Waals surface area contributed by atoms with Crippen molar-refractivity contribution in [1.29, 1.82) is 0 Å². The molecule has 0 atom stereocenters. The summed E-state index contributed by atoms with van der Waals surface area (Å²) in [6.07, 6.45) is 6.54. The monoisotopic (exact) mass is 469 g/mol. The summed E-state index contributed by atoms with van der Waals surface area (Å²) in [4.78, 5) is 26.4. The molecule has 1 saturated heterocycles. The van der Waals surface area contributed by atoms with Crippen molar-refractivity contribution >= 4 is 27.5 Å². The minimum Gasteiger partial charge on any atom is -0.348 e. The summed E-state index contributed by atoms with van der Waals surface area (Å²) in [5.41, 5.74) is 2.21. The molecule has 2 fully saturated rings. The van der Waals surface area contributed by atoms with Gasteiger partial charge in [0.15, 0.2) is 0 Å². The highest BCUT2D eigenvalue weighted by molar-refractivity contribution is 7.89. The normalized spacial score (nSPS) is 17.5. The van der Waals surface area contributed by atoms with E-state index in [4.69, 9.17) is 0 Å². The second-order valence-electron chi connectivity index (χ2n) is 8.84. The fraction of sp³-hybridized carbons (Fsp3) is 0.440. The van der Waals surface area contributed by atoms with Gasteiger partial charge in [-0.1, -0.05) is 31.4 Å². The van der Waals surface area contributed by atoms with Crippen molar-refractivity contribution < 1.29 is 18.0 Å². The molecule has 1 aliphatic heterocycles. The number of rotatable bonds is 7. The SMILES string of the molecule is CN(C1CCCCC1)S(=O)(=O)c1ccc(C(=O)NCc2ccc(N3CCCC3=O)cc2)cc1. The van der Waals surface area contributed by atoms with Crippen molar-refractivity contribution in [3.63, 3.8) is 0 Å². The van der Waals surface area contributed by atoms with Crippen molar-refractivity contribution in [2.75, 3.05) is 18.5 Å². The third-order valence-corrected chi connectivity index (χ3v) is 8.58. The smallest absolute Gasteiger partial charge is 0.251 e. The number of anilines is 1. The Balaban J connectivity index is 1.35. The van der Waals surface area contributed by atoms with Crippen LogP contribution in [0.3, 0.4) is 0 Å². The molecule has 0 bridgehead atoms. The van der Waals surface area contributed by atoms with E-state index in [2.05, 4.69) is 5.32 Å². The number of carbonyl (C=O) groups is 2. The summed E-state index contributed by atoms with van der Waals surface area (Å²) in [5, 5.41) is 2.87. The third kappa shape index (κ3) is 5.28. The molecule has 7 nitrogen and oxygen atoms in total. The third-order valence-electron chi connectivity index (χ3n) is 6.66. The van der Waals surface area contributed by atoms with E-state index >= 15 is 0 Å². The maximum absolute atomic E-state index is 13.0. The van der Waals surface area contributed by atoms with Crippen molar-refractivity contribution in [2.45, 2.75) is 62.4 Å². The summed E-state index contributed by atoms with van der Waals surface area (Å²) in [5.74, 6) is -0.121. The second kappa shape index (κ2) is 10.1. The Hall–Kier alpha value is -2.71. The minimum absolute atomic E-state index is 0.0432. The van der Waals surface area contributed by atoms with Crippen LogP contribution in [0.25, 0.3) is 0 Å². The van der Waals surface area contributed by atoms with Gasteiger partial charge in [0.25, 0.3) is 5.91 Å². The second-order valence-corrected chi connectivity index (χ2v) is 10.8. The average molecular weight is 470 g/mol. The molecule has 4 rings (SSSR count). The first-order valence-electron chi connectivity index (χ1n) is 11.6. The van der Waals surface area contributed by atoms with Crippen molar-refractivity contribution in [2.24, 2.45) is 0 Å². The Morgan fingerprint density at radius 2 is 1.67 bits per heavy atom. The van der Waals surface area contributed by atoms with Crippen LogP contribution in [0.15, 0.2) is 53.4 Å². The molecule has 2 aromatic rings. The molecule has 1 saturated carbocycles. The first-order valence-corrected chi connectivity index (χ1v) is 13.1. The van der Waals surface area contributed by atoms with Crippen molar-refractivity contribution in [1.82, 2.24) is 9.62 Å². The fourth-order valence-corrected chi connectivity index (χ4v) is 6.00. The van der Waals surface area contributed by atoms with Crippen LogP contribution in [0.1, 0.15) is 60.9 Å². The van der Waals surface area contributed by atoms with Gasteiger partial charge in [-0.05, 0) is 61.2 Å². The lowest BCUT2D eigenvalue weighted by molar-refractivity contribution is -0.117. The van der Waals surface area contributed by atoms with Gasteiger partial charge in [-0.3, -0.25) is 9.59 Å². The quantitative estimate of drug-likeness (QED) is 0.670. The Morgan fingerprint density at radius 3 is 2.27 bits per heavy atom. The van der Waals surface area contributed by atoms with Crippen molar-refractivity contribution in [3.05, 3.63) is 59.7 Å². The van der Waals surface area contributed by atoms with E-state index < -0.39 is 10.0 Å². The molecule has 176 valence electrons. The summed E-state index contributed by atoms with van der Waals surface area (Å²) in [7, 11) is -1.93. The lowest BCUT2D eigenvalue weighted by Gasteiger charge is -2.30. The first kappa shape index (κ1) is 23.4. The van der Waals surface area contributed by atoms with Crippen LogP contribution in [-0.2, 0) is 21.4 Å². The van der Waals surface area contributed by atoms with Gasteiger partial charge in [0.2, 0.25) is 15.9 Å². The topological polar surface area (TPSA) is 86.8 Å². The minimum atomic E-state index is -3.58. The van der Waals surface area contributed by atoms with E-state index in [9.17, 15) is 18.0 Å². The molecule has 2 aliphatic rings. The van der Waals surface area contributed by atoms with E-state index in [1.807, 2.05) is 24.3 Å². The predicted octanol–water partition coefficient (Wildman–Crippen LogP) is 3.70. The van der Waals surface area contributed by atoms with Gasteiger partial charge in [-0.2, -0.15) is 4.31 Å². The Labute approximate surface area is 195 Å². The Morgan fingerprint density at radius 1 is 1.00 bits per heavy atom. The molecule has 1 N–H and O–H groups in total. The number of carbonyl (C=O) groups excluding carboxylic acids is 2. The van der Waals surface area contributed by atoms with E-state index in [1.54, 1.807) is 24.1 Å². The Bertz CT molecular complexity index is 1090. The van der Waals surface area contributed by atoms with Crippen LogP contribution in [0.2, 0.25) is 0 Å². The Kier molecular flexibility index (Phi) is 7.14. The largest absolute Gasteiger partial charge is 0.348 e. The van der Waals surface area contributed by atoms with Crippen LogP contribution >= 0.6 is 0 Å². The molecular formula is C25H31N3O4S. The summed E-state index contributed by atoms with van der Waals surface area (Å²) >= 11 is 0. The van der Waals surface area contributed by atoms with E-state index in [-0.39, 0.29) is 22.8 Å². The maximum Gasteiger partial charge on any atom is 0.251 e. The van der Waals surface area contributed by atoms with Gasteiger partial charge >= 0.3 is 0 Å². The zero-order chi connectivity index (χ0) is 23.4. The highest BCUT2D eigenvalue weighted by Gasteiger charge is 2.29. The predicted molar refractivity (Wildman–Crippen MR) is 127 cm³/mol. The fourth-order valence-electron chi connectivity index (χ4n) is 4.58. The van der Waals surface area contributed by atoms with Crippen molar-refractivity contribution in [3.8, 4) is 0 Å². The summed E-state index contributed by atoms with van der Waals surface area (Å²) in [6.45, 7) is 1.09. The van der Waals surface area contributed by atoms with E-state index in [1.165, 1.54) is 16.4 Å². The van der Waals surface area contributed by atoms with Crippen LogP contribution in [0, 0.1) is 0 Å². The number of hydrogen-bond acceptors (Lipinski definition) is 4. The standard InChI is InChI=1S/C25H31N3O4S/c1-27(21-6-3-2-4-7-21)33(31,32)23-15-11-20(12-16-23)25(30)26-18-19-9-13-22(14-10-19)28-17-5-8-24(28)29/h9-16,21H,2-8,17-18H2,1H3,(H,26,30). The number of nitrogens with one attached hydrogen (secondary N) is 1. The van der Waals surface area contributed by atoms with Crippen LogP contribution in [0.5, 0.6) is 0 Å². The summed E-state index contributed by atoms with van der Waals surface area (Å²) in [6, 6.07) is 13.8. The van der Waals surface area contributed by atoms with Gasteiger partial charge in [0.1, 0.15) is 0 Å². The van der Waals surface area contributed by atoms with Crippen LogP contribution in [-0.4, -0.2) is 44.2 Å². The van der Waals surface area contributed by atoms with Crippen LogP contribution in [0.4, 0.5) is 5.69 Å². The molecule has 2 amide bonds. The molecular weight excluding hydrogens is 438 g/mol. The van der Waals surface area contributed by atoms with Crippen LogP contribution < -0.4 is 10.2 Å². The molecule has 0 spiro atoms. The number of benzene rings is 2. The van der Waals surface area contributed by atoms with Gasteiger partial charge < -0.3 is 10.2 Å². The van der Waals surface area contributed by atoms with Gasteiger partial charge in [-0.15, -0.1) is 0 Å². The molecule has 1 aliphatic carbocycles. The van der Waals surface area contributed by atoms with Gasteiger partial charge in [0, 0.05) is 43.9 Å². The molecule has 8 heteroatoms. The molecule has 0 unspecified atom stereocenters. The van der Waals surface area contributed by atoms with E-state index in [0.29, 0.717) is 18.5 Å².